The van der Waals surface area contributed by atoms with Gasteiger partial charge in [0.1, 0.15) is 11.9 Å². The Morgan fingerprint density at radius 3 is 2.79 bits per heavy atom. The van der Waals surface area contributed by atoms with Gasteiger partial charge in [0.15, 0.2) is 0 Å². The number of amides is 2. The predicted molar refractivity (Wildman–Crippen MR) is 69.0 cm³/mol. The van der Waals surface area contributed by atoms with Gasteiger partial charge in [0.2, 0.25) is 0 Å². The van der Waals surface area contributed by atoms with E-state index in [-0.39, 0.29) is 29.8 Å². The molecule has 6 heteroatoms. The first-order valence-electron chi connectivity index (χ1n) is 5.86. The lowest BCUT2D eigenvalue weighted by Gasteiger charge is -2.19. The highest BCUT2D eigenvalue weighted by Crippen LogP contribution is 2.15. The van der Waals surface area contributed by atoms with Crippen LogP contribution in [0.1, 0.15) is 19.4 Å². The molecule has 0 aliphatic rings. The maximum absolute atomic E-state index is 12.9. The van der Waals surface area contributed by atoms with E-state index in [1.807, 2.05) is 0 Å². The van der Waals surface area contributed by atoms with E-state index in [0.717, 1.165) is 12.1 Å². The monoisotopic (exact) mass is 265 g/mol. The Hall–Kier alpha value is -2.13. The second kappa shape index (κ2) is 6.71. The molecular weight excluding hydrogens is 249 g/mol. The second-order valence-corrected chi connectivity index (χ2v) is 4.35. The number of nitriles is 1. The van der Waals surface area contributed by atoms with Crippen LogP contribution in [0.15, 0.2) is 18.2 Å². The highest BCUT2D eigenvalue weighted by atomic mass is 19.1. The minimum Gasteiger partial charge on any atom is -0.396 e. The molecule has 2 unspecified atom stereocenters. The van der Waals surface area contributed by atoms with E-state index < -0.39 is 11.8 Å². The van der Waals surface area contributed by atoms with Gasteiger partial charge in [-0.15, -0.1) is 0 Å². The fourth-order valence-electron chi connectivity index (χ4n) is 1.38. The summed E-state index contributed by atoms with van der Waals surface area (Å²) in [5.74, 6) is -0.626. The number of nitrogens with one attached hydrogen (secondary N) is 2. The zero-order valence-electron chi connectivity index (χ0n) is 10.8. The molecule has 0 saturated heterocycles. The SMILES string of the molecule is CC(CO)C(C)NC(=O)Nc1ccc(F)cc1C#N. The van der Waals surface area contributed by atoms with Crippen LogP contribution in [0.3, 0.4) is 0 Å². The lowest BCUT2D eigenvalue weighted by molar-refractivity contribution is 0.204. The van der Waals surface area contributed by atoms with E-state index in [9.17, 15) is 9.18 Å². The summed E-state index contributed by atoms with van der Waals surface area (Å²) < 4.78 is 12.9. The van der Waals surface area contributed by atoms with Crippen molar-refractivity contribution in [3.8, 4) is 6.07 Å². The number of hydrogen-bond donors (Lipinski definition) is 3. The highest BCUT2D eigenvalue weighted by Gasteiger charge is 2.14. The van der Waals surface area contributed by atoms with Gasteiger partial charge in [-0.25, -0.2) is 9.18 Å². The van der Waals surface area contributed by atoms with Crippen LogP contribution in [-0.4, -0.2) is 23.8 Å². The zero-order chi connectivity index (χ0) is 14.4. The molecule has 0 aliphatic heterocycles. The zero-order valence-corrected chi connectivity index (χ0v) is 10.8. The number of nitrogens with zero attached hydrogens (tertiary/aromatic N) is 1. The van der Waals surface area contributed by atoms with Crippen molar-refractivity contribution in [2.24, 2.45) is 5.92 Å². The van der Waals surface area contributed by atoms with Crippen molar-refractivity contribution in [3.05, 3.63) is 29.6 Å². The van der Waals surface area contributed by atoms with Gasteiger partial charge in [-0.05, 0) is 31.0 Å². The standard InChI is InChI=1S/C13H16FN3O2/c1-8(7-18)9(2)16-13(19)17-12-4-3-11(14)5-10(12)6-15/h3-5,8-9,18H,7H2,1-2H3,(H2,16,17,19). The molecule has 0 bridgehead atoms. The Kier molecular flexibility index (Phi) is 5.27. The summed E-state index contributed by atoms with van der Waals surface area (Å²) in [7, 11) is 0. The van der Waals surface area contributed by atoms with E-state index in [2.05, 4.69) is 10.6 Å². The van der Waals surface area contributed by atoms with Gasteiger partial charge in [-0.1, -0.05) is 6.92 Å². The summed E-state index contributed by atoms with van der Waals surface area (Å²) in [5.41, 5.74) is 0.295. The van der Waals surface area contributed by atoms with Crippen molar-refractivity contribution < 1.29 is 14.3 Å². The first kappa shape index (κ1) is 14.9. The number of aliphatic hydroxyl groups is 1. The molecule has 0 saturated carbocycles. The second-order valence-electron chi connectivity index (χ2n) is 4.35. The lowest BCUT2D eigenvalue weighted by Crippen LogP contribution is -2.40. The van der Waals surface area contributed by atoms with Crippen molar-refractivity contribution in [2.45, 2.75) is 19.9 Å². The molecule has 0 aromatic heterocycles. The van der Waals surface area contributed by atoms with Gasteiger partial charge in [-0.2, -0.15) is 5.26 Å². The molecule has 19 heavy (non-hydrogen) atoms. The highest BCUT2D eigenvalue weighted by molar-refractivity contribution is 5.90. The fraction of sp³-hybridized carbons (Fsp3) is 0.385. The van der Waals surface area contributed by atoms with Crippen molar-refractivity contribution in [1.29, 1.82) is 5.26 Å². The molecule has 0 radical (unpaired) electrons. The molecule has 5 nitrogen and oxygen atoms in total. The summed E-state index contributed by atoms with van der Waals surface area (Å²) in [6.07, 6.45) is 0. The minimum absolute atomic E-state index is 0.0402. The van der Waals surface area contributed by atoms with Crippen LogP contribution in [-0.2, 0) is 0 Å². The van der Waals surface area contributed by atoms with Gasteiger partial charge in [0.25, 0.3) is 0 Å². The summed E-state index contributed by atoms with van der Waals surface area (Å²) in [6, 6.07) is 4.62. The molecule has 0 fully saturated rings. The van der Waals surface area contributed by atoms with Gasteiger partial charge < -0.3 is 15.7 Å². The lowest BCUT2D eigenvalue weighted by atomic mass is 10.1. The van der Waals surface area contributed by atoms with Crippen molar-refractivity contribution in [1.82, 2.24) is 5.32 Å². The number of anilines is 1. The Bertz CT molecular complexity index is 499. The largest absolute Gasteiger partial charge is 0.396 e. The molecule has 0 aliphatic carbocycles. The fourth-order valence-corrected chi connectivity index (χ4v) is 1.38. The number of halogens is 1. The quantitative estimate of drug-likeness (QED) is 0.776. The summed E-state index contributed by atoms with van der Waals surface area (Å²) in [6.45, 7) is 3.52. The molecule has 1 aromatic rings. The average Bonchev–Trinajstić information content (AvgIpc) is 2.39. The number of carbonyl (C=O) groups excluding carboxylic acids is 1. The summed E-state index contributed by atoms with van der Waals surface area (Å²) in [5, 5.41) is 22.9. The molecule has 0 heterocycles. The molecule has 0 spiro atoms. The molecule has 1 rings (SSSR count). The van der Waals surface area contributed by atoms with E-state index in [4.69, 9.17) is 10.4 Å². The topological polar surface area (TPSA) is 85.2 Å². The third-order valence-electron chi connectivity index (χ3n) is 2.85. The van der Waals surface area contributed by atoms with E-state index in [1.54, 1.807) is 19.9 Å². The van der Waals surface area contributed by atoms with Gasteiger partial charge in [0, 0.05) is 12.6 Å². The molecule has 1 aromatic carbocycles. The maximum atomic E-state index is 12.9. The van der Waals surface area contributed by atoms with Crippen molar-refractivity contribution in [2.75, 3.05) is 11.9 Å². The number of aliphatic hydroxyl groups excluding tert-OH is 1. The van der Waals surface area contributed by atoms with E-state index >= 15 is 0 Å². The van der Waals surface area contributed by atoms with Crippen LogP contribution < -0.4 is 10.6 Å². The summed E-state index contributed by atoms with van der Waals surface area (Å²) in [4.78, 5) is 11.7. The van der Waals surface area contributed by atoms with E-state index in [0.29, 0.717) is 0 Å². The third kappa shape index (κ3) is 4.23. The molecule has 102 valence electrons. The van der Waals surface area contributed by atoms with Crippen LogP contribution in [0.25, 0.3) is 0 Å². The minimum atomic E-state index is -0.537. The molecule has 2 atom stereocenters. The Labute approximate surface area is 111 Å². The number of rotatable bonds is 4. The predicted octanol–water partition coefficient (Wildman–Crippen LogP) is 1.84. The van der Waals surface area contributed by atoms with E-state index in [1.165, 1.54) is 6.07 Å². The van der Waals surface area contributed by atoms with Crippen LogP contribution in [0.5, 0.6) is 0 Å². The molecule has 2 amide bonds. The third-order valence-corrected chi connectivity index (χ3v) is 2.85. The van der Waals surface area contributed by atoms with Gasteiger partial charge >= 0.3 is 6.03 Å². The summed E-state index contributed by atoms with van der Waals surface area (Å²) >= 11 is 0. The molecular formula is C13H16FN3O2. The normalized spacial score (nSPS) is 13.2. The number of benzene rings is 1. The van der Waals surface area contributed by atoms with Crippen LogP contribution in [0.2, 0.25) is 0 Å². The Morgan fingerprint density at radius 2 is 2.21 bits per heavy atom. The molecule has 3 N–H and O–H groups in total. The maximum Gasteiger partial charge on any atom is 0.319 e. The van der Waals surface area contributed by atoms with Crippen LogP contribution >= 0.6 is 0 Å². The number of urea groups is 1. The van der Waals surface area contributed by atoms with Gasteiger partial charge in [0.05, 0.1) is 11.3 Å². The van der Waals surface area contributed by atoms with Crippen molar-refractivity contribution >= 4 is 11.7 Å². The van der Waals surface area contributed by atoms with Gasteiger partial charge in [-0.3, -0.25) is 0 Å². The Morgan fingerprint density at radius 1 is 1.53 bits per heavy atom. The first-order chi connectivity index (χ1) is 8.97. The van der Waals surface area contributed by atoms with Crippen molar-refractivity contribution in [3.63, 3.8) is 0 Å². The smallest absolute Gasteiger partial charge is 0.319 e. The number of hydrogen-bond acceptors (Lipinski definition) is 3. The first-order valence-corrected chi connectivity index (χ1v) is 5.86. The Balaban J connectivity index is 2.70. The number of carbonyl (C=O) groups is 1. The van der Waals surface area contributed by atoms with Crippen LogP contribution in [0, 0.1) is 23.1 Å². The average molecular weight is 265 g/mol. The van der Waals surface area contributed by atoms with Crippen LogP contribution in [0.4, 0.5) is 14.9 Å².